The third-order valence-electron chi connectivity index (χ3n) is 3.89. The van der Waals surface area contributed by atoms with Gasteiger partial charge in [-0.15, -0.1) is 0 Å². The first-order valence-electron chi connectivity index (χ1n) is 8.21. The van der Waals surface area contributed by atoms with Gasteiger partial charge in [0.15, 0.2) is 0 Å². The second kappa shape index (κ2) is 7.41. The zero-order valence-corrected chi connectivity index (χ0v) is 14.5. The molecule has 3 rings (SSSR count). The van der Waals surface area contributed by atoms with Crippen molar-refractivity contribution in [2.24, 2.45) is 11.7 Å². The first kappa shape index (κ1) is 17.7. The van der Waals surface area contributed by atoms with Gasteiger partial charge in [-0.2, -0.15) is 0 Å². The Hall–Kier alpha value is -3.12. The maximum Gasteiger partial charge on any atom is 0.328 e. The maximum absolute atomic E-state index is 12.6. The number of ether oxygens (including phenoxy) is 2. The summed E-state index contributed by atoms with van der Waals surface area (Å²) in [4.78, 5) is 24.5. The van der Waals surface area contributed by atoms with Crippen molar-refractivity contribution in [3.05, 3.63) is 65.0 Å². The molecule has 0 aliphatic heterocycles. The highest BCUT2D eigenvalue weighted by molar-refractivity contribution is 5.82. The van der Waals surface area contributed by atoms with E-state index in [4.69, 9.17) is 19.6 Å². The Morgan fingerprint density at radius 1 is 1.08 bits per heavy atom. The monoisotopic (exact) mass is 353 g/mol. The molecule has 0 amide bonds. The van der Waals surface area contributed by atoms with Crippen LogP contribution in [0.5, 0.6) is 17.2 Å². The summed E-state index contributed by atoms with van der Waals surface area (Å²) in [6, 6.07) is 12.8. The molecule has 0 aliphatic carbocycles. The molecule has 0 spiro atoms. The maximum atomic E-state index is 12.6. The zero-order chi connectivity index (χ0) is 18.7. The third kappa shape index (κ3) is 3.75. The van der Waals surface area contributed by atoms with Gasteiger partial charge in [-0.05, 0) is 30.2 Å². The van der Waals surface area contributed by atoms with Gasteiger partial charge >= 0.3 is 5.97 Å². The molecule has 1 heterocycles. The molecule has 0 radical (unpaired) electrons. The molecular weight excluding hydrogens is 334 g/mol. The van der Waals surface area contributed by atoms with Crippen molar-refractivity contribution >= 4 is 16.9 Å². The Kier molecular flexibility index (Phi) is 5.04. The predicted molar refractivity (Wildman–Crippen MR) is 97.4 cm³/mol. The van der Waals surface area contributed by atoms with Gasteiger partial charge in [0.05, 0.1) is 5.39 Å². The molecule has 26 heavy (non-hydrogen) atoms. The molecule has 2 N–H and O–H groups in total. The quantitative estimate of drug-likeness (QED) is 0.558. The standard InChI is InChI=1S/C20H19NO5/c1-12(2)18(21)20(23)26-14-8-9-15-16(10-14)24-11-17(19(15)22)25-13-6-4-3-5-7-13/h3-12,18H,21H2,1-2H3. The summed E-state index contributed by atoms with van der Waals surface area (Å²) in [6.07, 6.45) is 1.24. The fraction of sp³-hybridized carbons (Fsp3) is 0.200. The molecule has 0 saturated carbocycles. The third-order valence-corrected chi connectivity index (χ3v) is 3.89. The Morgan fingerprint density at radius 2 is 1.81 bits per heavy atom. The molecule has 3 aromatic rings. The van der Waals surface area contributed by atoms with E-state index in [1.165, 1.54) is 24.5 Å². The fourth-order valence-electron chi connectivity index (χ4n) is 2.30. The van der Waals surface area contributed by atoms with Gasteiger partial charge in [0.25, 0.3) is 0 Å². The smallest absolute Gasteiger partial charge is 0.328 e. The number of hydrogen-bond acceptors (Lipinski definition) is 6. The normalized spacial score (nSPS) is 12.2. The Bertz CT molecular complexity index is 978. The number of nitrogens with two attached hydrogens (primary N) is 1. The average Bonchev–Trinajstić information content (AvgIpc) is 2.64. The minimum Gasteiger partial charge on any atom is -0.460 e. The summed E-state index contributed by atoms with van der Waals surface area (Å²) in [5, 5.41) is 0.325. The zero-order valence-electron chi connectivity index (χ0n) is 14.5. The van der Waals surface area contributed by atoms with E-state index in [2.05, 4.69) is 0 Å². The molecule has 0 bridgehead atoms. The first-order chi connectivity index (χ1) is 12.5. The van der Waals surface area contributed by atoms with Gasteiger partial charge in [0.1, 0.15) is 29.4 Å². The van der Waals surface area contributed by atoms with Gasteiger partial charge in [-0.3, -0.25) is 4.79 Å². The summed E-state index contributed by atoms with van der Waals surface area (Å²) in [5.41, 5.74) is 5.75. The Labute approximate surface area is 150 Å². The Balaban J connectivity index is 1.87. The highest BCUT2D eigenvalue weighted by Crippen LogP contribution is 2.24. The lowest BCUT2D eigenvalue weighted by atomic mass is 10.1. The van der Waals surface area contributed by atoms with Crippen molar-refractivity contribution in [1.29, 1.82) is 0 Å². The van der Waals surface area contributed by atoms with E-state index < -0.39 is 12.0 Å². The minimum atomic E-state index is -0.723. The molecule has 6 nitrogen and oxygen atoms in total. The summed E-state index contributed by atoms with van der Waals surface area (Å²) in [7, 11) is 0. The van der Waals surface area contributed by atoms with Crippen molar-refractivity contribution in [3.63, 3.8) is 0 Å². The van der Waals surface area contributed by atoms with Crippen LogP contribution in [0, 0.1) is 5.92 Å². The van der Waals surface area contributed by atoms with Crippen LogP contribution in [0.4, 0.5) is 0 Å². The molecule has 1 unspecified atom stereocenters. The summed E-state index contributed by atoms with van der Waals surface area (Å²) in [6.45, 7) is 3.67. The average molecular weight is 353 g/mol. The molecule has 1 aromatic heterocycles. The summed E-state index contributed by atoms with van der Waals surface area (Å²) < 4.78 is 16.3. The van der Waals surface area contributed by atoms with Crippen LogP contribution in [0.25, 0.3) is 11.0 Å². The highest BCUT2D eigenvalue weighted by atomic mass is 16.5. The van der Waals surface area contributed by atoms with Crippen LogP contribution in [0.1, 0.15) is 13.8 Å². The lowest BCUT2D eigenvalue weighted by molar-refractivity contribution is -0.136. The van der Waals surface area contributed by atoms with E-state index in [1.54, 1.807) is 24.3 Å². The van der Waals surface area contributed by atoms with E-state index in [0.717, 1.165) is 0 Å². The van der Waals surface area contributed by atoms with E-state index in [-0.39, 0.29) is 22.8 Å². The second-order valence-corrected chi connectivity index (χ2v) is 6.19. The SMILES string of the molecule is CC(C)C(N)C(=O)Oc1ccc2c(=O)c(Oc3ccccc3)coc2c1. The largest absolute Gasteiger partial charge is 0.460 e. The molecule has 134 valence electrons. The van der Waals surface area contributed by atoms with Crippen LogP contribution >= 0.6 is 0 Å². The number of carbonyl (C=O) groups is 1. The van der Waals surface area contributed by atoms with Crippen molar-refractivity contribution in [2.75, 3.05) is 0 Å². The predicted octanol–water partition coefficient (Wildman–Crippen LogP) is 3.47. The van der Waals surface area contributed by atoms with Crippen molar-refractivity contribution < 1.29 is 18.7 Å². The van der Waals surface area contributed by atoms with Gasteiger partial charge in [0, 0.05) is 6.07 Å². The molecule has 0 fully saturated rings. The van der Waals surface area contributed by atoms with E-state index >= 15 is 0 Å². The number of carbonyl (C=O) groups excluding carboxylic acids is 1. The lowest BCUT2D eigenvalue weighted by Crippen LogP contribution is -2.38. The van der Waals surface area contributed by atoms with E-state index in [9.17, 15) is 9.59 Å². The summed E-state index contributed by atoms with van der Waals surface area (Å²) >= 11 is 0. The van der Waals surface area contributed by atoms with Crippen molar-refractivity contribution in [1.82, 2.24) is 0 Å². The van der Waals surface area contributed by atoms with Crippen LogP contribution in [0.2, 0.25) is 0 Å². The molecule has 0 aliphatic rings. The number of para-hydroxylation sites is 1. The van der Waals surface area contributed by atoms with Gasteiger partial charge in [0.2, 0.25) is 11.2 Å². The first-order valence-corrected chi connectivity index (χ1v) is 8.21. The van der Waals surface area contributed by atoms with Crippen molar-refractivity contribution in [2.45, 2.75) is 19.9 Å². The van der Waals surface area contributed by atoms with Gasteiger partial charge < -0.3 is 19.6 Å². The topological polar surface area (TPSA) is 91.8 Å². The molecule has 6 heteroatoms. The molecule has 0 saturated heterocycles. The van der Waals surface area contributed by atoms with Gasteiger partial charge in [-0.1, -0.05) is 32.0 Å². The van der Waals surface area contributed by atoms with E-state index in [1.807, 2.05) is 19.9 Å². The number of hydrogen-bond donors (Lipinski definition) is 1. The van der Waals surface area contributed by atoms with Gasteiger partial charge in [-0.25, -0.2) is 4.79 Å². The van der Waals surface area contributed by atoms with Crippen LogP contribution in [-0.4, -0.2) is 12.0 Å². The van der Waals surface area contributed by atoms with Crippen LogP contribution in [-0.2, 0) is 4.79 Å². The number of benzene rings is 2. The fourth-order valence-corrected chi connectivity index (χ4v) is 2.30. The Morgan fingerprint density at radius 3 is 2.50 bits per heavy atom. The van der Waals surface area contributed by atoms with Crippen LogP contribution in [0.15, 0.2) is 64.0 Å². The summed E-state index contributed by atoms with van der Waals surface area (Å²) in [5.74, 6) is 0.297. The minimum absolute atomic E-state index is 0.0430. The number of esters is 1. The highest BCUT2D eigenvalue weighted by Gasteiger charge is 2.20. The number of rotatable bonds is 5. The second-order valence-electron chi connectivity index (χ2n) is 6.19. The molecule has 1 atom stereocenters. The lowest BCUT2D eigenvalue weighted by Gasteiger charge is -2.14. The molecule has 2 aromatic carbocycles. The van der Waals surface area contributed by atoms with Crippen LogP contribution < -0.4 is 20.6 Å². The number of fused-ring (bicyclic) bond motifs is 1. The van der Waals surface area contributed by atoms with E-state index in [0.29, 0.717) is 16.7 Å². The molecular formula is C20H19NO5. The van der Waals surface area contributed by atoms with Crippen LogP contribution in [0.3, 0.4) is 0 Å². The van der Waals surface area contributed by atoms with Crippen molar-refractivity contribution in [3.8, 4) is 17.2 Å².